The predicted molar refractivity (Wildman–Crippen MR) is 137 cm³/mol. The number of aryl methyl sites for hydroxylation is 2. The van der Waals surface area contributed by atoms with Gasteiger partial charge in [-0.1, -0.05) is 35.5 Å². The summed E-state index contributed by atoms with van der Waals surface area (Å²) in [6.45, 7) is 4.32. The Labute approximate surface area is 203 Å². The zero-order valence-corrected chi connectivity index (χ0v) is 20.2. The number of benzene rings is 3. The Morgan fingerprint density at radius 1 is 1.03 bits per heavy atom. The molecular formula is C26H20IN3O3. The van der Waals surface area contributed by atoms with E-state index in [-0.39, 0.29) is 3.79 Å². The number of nitrogens with two attached hydrogens (primary N) is 1. The van der Waals surface area contributed by atoms with Crippen molar-refractivity contribution in [1.29, 1.82) is 0 Å². The van der Waals surface area contributed by atoms with Crippen LogP contribution in [0.3, 0.4) is 0 Å². The van der Waals surface area contributed by atoms with Gasteiger partial charge >= 0.3 is 0 Å². The molecule has 5 aromatic rings. The van der Waals surface area contributed by atoms with Crippen LogP contribution in [0.5, 0.6) is 0 Å². The van der Waals surface area contributed by atoms with Crippen molar-refractivity contribution in [2.24, 2.45) is 5.73 Å². The Hall–Kier alpha value is -3.46. The second-order valence-electron chi connectivity index (χ2n) is 8.06. The van der Waals surface area contributed by atoms with E-state index >= 15 is 0 Å². The first-order valence-electron chi connectivity index (χ1n) is 10.4. The maximum absolute atomic E-state index is 12.6. The topological polar surface area (TPSA) is 91.1 Å². The third kappa shape index (κ3) is 3.62. The maximum Gasteiger partial charge on any atom is 0.249 e. The molecule has 2 aromatic heterocycles. The zero-order chi connectivity index (χ0) is 23.3. The molecule has 7 heteroatoms. The summed E-state index contributed by atoms with van der Waals surface area (Å²) in [5.41, 5.74) is 12.2. The lowest BCUT2D eigenvalue weighted by molar-refractivity contribution is 0.100. The van der Waals surface area contributed by atoms with E-state index in [4.69, 9.17) is 10.3 Å². The van der Waals surface area contributed by atoms with Crippen LogP contribution in [0.2, 0.25) is 0 Å². The summed E-state index contributed by atoms with van der Waals surface area (Å²) >= 11 is 1.78. The SMILES string of the molecule is Cc1noc(C)c1-c1cc(C(N)=O)c2c3cc(C(=O)I)ccc3n(Cc3ccccc3)c2c1. The first kappa shape index (κ1) is 21.4. The molecule has 0 spiro atoms. The van der Waals surface area contributed by atoms with E-state index < -0.39 is 5.91 Å². The highest BCUT2D eigenvalue weighted by molar-refractivity contribution is 14.1. The van der Waals surface area contributed by atoms with E-state index in [1.165, 1.54) is 0 Å². The number of carbonyl (C=O) groups is 2. The summed E-state index contributed by atoms with van der Waals surface area (Å²) in [7, 11) is 0. The molecule has 1 amide bonds. The molecule has 164 valence electrons. The standard InChI is InChI=1S/C26H20IN3O3/c1-14-23(15(2)33-29-14)18-11-20(26(28)32)24-19-10-17(25(27)31)8-9-21(19)30(22(24)12-18)13-16-6-4-3-5-7-16/h3-12H,13H2,1-2H3,(H2,28,32). The number of aromatic nitrogens is 2. The lowest BCUT2D eigenvalue weighted by Gasteiger charge is -2.10. The van der Waals surface area contributed by atoms with Gasteiger partial charge in [-0.2, -0.15) is 0 Å². The van der Waals surface area contributed by atoms with Crippen LogP contribution in [0.15, 0.2) is 65.2 Å². The molecule has 0 saturated carbocycles. The van der Waals surface area contributed by atoms with Crippen LogP contribution in [0.1, 0.15) is 37.7 Å². The minimum absolute atomic E-state index is 0.0635. The van der Waals surface area contributed by atoms with Crippen molar-refractivity contribution in [3.63, 3.8) is 0 Å². The Bertz CT molecular complexity index is 1550. The van der Waals surface area contributed by atoms with Crippen molar-refractivity contribution in [2.45, 2.75) is 20.4 Å². The van der Waals surface area contributed by atoms with Gasteiger partial charge in [-0.15, -0.1) is 0 Å². The second kappa shape index (κ2) is 8.15. The van der Waals surface area contributed by atoms with E-state index in [9.17, 15) is 9.59 Å². The highest BCUT2D eigenvalue weighted by Crippen LogP contribution is 2.38. The van der Waals surface area contributed by atoms with Crippen LogP contribution in [0.25, 0.3) is 32.9 Å². The number of hydrogen-bond donors (Lipinski definition) is 1. The lowest BCUT2D eigenvalue weighted by Crippen LogP contribution is -2.12. The molecule has 5 rings (SSSR count). The van der Waals surface area contributed by atoms with Gasteiger partial charge in [0.15, 0.2) is 0 Å². The monoisotopic (exact) mass is 549 g/mol. The first-order chi connectivity index (χ1) is 15.8. The minimum atomic E-state index is -0.529. The molecule has 0 radical (unpaired) electrons. The molecule has 2 heterocycles. The van der Waals surface area contributed by atoms with Crippen LogP contribution in [-0.4, -0.2) is 19.4 Å². The number of primary amides is 1. The van der Waals surface area contributed by atoms with Gasteiger partial charge in [-0.3, -0.25) is 9.59 Å². The van der Waals surface area contributed by atoms with Gasteiger partial charge < -0.3 is 14.8 Å². The molecular weight excluding hydrogens is 529 g/mol. The van der Waals surface area contributed by atoms with E-state index in [1.807, 2.05) is 56.3 Å². The zero-order valence-electron chi connectivity index (χ0n) is 18.1. The summed E-state index contributed by atoms with van der Waals surface area (Å²) in [6, 6.07) is 19.5. The molecule has 0 aliphatic heterocycles. The average Bonchev–Trinajstić information content (AvgIpc) is 3.30. The van der Waals surface area contributed by atoms with E-state index in [0.29, 0.717) is 23.4 Å². The van der Waals surface area contributed by atoms with E-state index in [0.717, 1.165) is 44.2 Å². The van der Waals surface area contributed by atoms with E-state index in [1.54, 1.807) is 28.7 Å². The van der Waals surface area contributed by atoms with Crippen molar-refractivity contribution in [2.75, 3.05) is 0 Å². The molecule has 33 heavy (non-hydrogen) atoms. The number of nitrogens with zero attached hydrogens (tertiary/aromatic N) is 2. The van der Waals surface area contributed by atoms with Gasteiger partial charge in [0.1, 0.15) is 5.76 Å². The number of fused-ring (bicyclic) bond motifs is 3. The highest BCUT2D eigenvalue weighted by atomic mass is 127. The summed E-state index contributed by atoms with van der Waals surface area (Å²) < 4.78 is 7.48. The number of carbonyl (C=O) groups excluding carboxylic acids is 2. The van der Waals surface area contributed by atoms with Gasteiger partial charge in [0.25, 0.3) is 0 Å². The highest BCUT2D eigenvalue weighted by Gasteiger charge is 2.22. The molecule has 2 N–H and O–H groups in total. The number of rotatable bonds is 5. The van der Waals surface area contributed by atoms with Crippen molar-refractivity contribution in [3.8, 4) is 11.1 Å². The summed E-state index contributed by atoms with van der Waals surface area (Å²) in [6.07, 6.45) is 0. The van der Waals surface area contributed by atoms with Crippen molar-refractivity contribution >= 4 is 54.1 Å². The fourth-order valence-electron chi connectivity index (χ4n) is 4.52. The van der Waals surface area contributed by atoms with Gasteiger partial charge in [-0.25, -0.2) is 0 Å². The van der Waals surface area contributed by atoms with Crippen molar-refractivity contribution < 1.29 is 14.1 Å². The normalized spacial score (nSPS) is 11.4. The molecule has 0 bridgehead atoms. The molecule has 3 aromatic carbocycles. The molecule has 0 aliphatic carbocycles. The second-order valence-corrected chi connectivity index (χ2v) is 9.04. The Morgan fingerprint density at radius 2 is 1.79 bits per heavy atom. The third-order valence-electron chi connectivity index (χ3n) is 5.96. The molecule has 0 saturated heterocycles. The maximum atomic E-state index is 12.6. The molecule has 0 fully saturated rings. The Morgan fingerprint density at radius 3 is 2.42 bits per heavy atom. The summed E-state index contributed by atoms with van der Waals surface area (Å²) in [5.74, 6) is 0.143. The van der Waals surface area contributed by atoms with Crippen LogP contribution in [-0.2, 0) is 6.54 Å². The third-order valence-corrected chi connectivity index (χ3v) is 6.59. The predicted octanol–water partition coefficient (Wildman–Crippen LogP) is 5.79. The fraction of sp³-hybridized carbons (Fsp3) is 0.115. The fourth-order valence-corrected chi connectivity index (χ4v) is 4.85. The Kier molecular flexibility index (Phi) is 5.28. The van der Waals surface area contributed by atoms with Gasteiger partial charge in [0, 0.05) is 62.1 Å². The van der Waals surface area contributed by atoms with Crippen molar-refractivity contribution in [1.82, 2.24) is 9.72 Å². The first-order valence-corrected chi connectivity index (χ1v) is 11.5. The average molecular weight is 549 g/mol. The van der Waals surface area contributed by atoms with Gasteiger partial charge in [0.2, 0.25) is 9.70 Å². The minimum Gasteiger partial charge on any atom is -0.366 e. The van der Waals surface area contributed by atoms with E-state index in [2.05, 4.69) is 21.9 Å². The molecule has 0 atom stereocenters. The van der Waals surface area contributed by atoms with Crippen LogP contribution >= 0.6 is 22.6 Å². The quantitative estimate of drug-likeness (QED) is 0.222. The van der Waals surface area contributed by atoms with Gasteiger partial charge in [0.05, 0.1) is 11.2 Å². The number of hydrogen-bond acceptors (Lipinski definition) is 4. The summed E-state index contributed by atoms with van der Waals surface area (Å²) in [4.78, 5) is 24.7. The van der Waals surface area contributed by atoms with Gasteiger partial charge in [-0.05, 0) is 55.3 Å². The molecule has 0 aliphatic rings. The molecule has 0 unspecified atom stereocenters. The molecule has 6 nitrogen and oxygen atoms in total. The Balaban J connectivity index is 1.91. The van der Waals surface area contributed by atoms with Crippen LogP contribution in [0.4, 0.5) is 0 Å². The smallest absolute Gasteiger partial charge is 0.249 e. The van der Waals surface area contributed by atoms with Crippen LogP contribution < -0.4 is 5.73 Å². The summed E-state index contributed by atoms with van der Waals surface area (Å²) in [5, 5.41) is 5.64. The number of halogens is 1. The largest absolute Gasteiger partial charge is 0.366 e. The lowest BCUT2D eigenvalue weighted by atomic mass is 9.97. The number of amides is 1. The van der Waals surface area contributed by atoms with Crippen LogP contribution in [0, 0.1) is 13.8 Å². The van der Waals surface area contributed by atoms with Crippen molar-refractivity contribution in [3.05, 3.63) is 88.8 Å².